The largest absolute Gasteiger partial charge is 0.343 e. The Labute approximate surface area is 145 Å². The van der Waals surface area contributed by atoms with Crippen LogP contribution in [0.2, 0.25) is 0 Å². The molecule has 0 bridgehead atoms. The summed E-state index contributed by atoms with van der Waals surface area (Å²) in [6.45, 7) is 1.56. The zero-order valence-corrected chi connectivity index (χ0v) is 13.8. The van der Waals surface area contributed by atoms with Crippen LogP contribution in [0.4, 0.5) is 11.4 Å². The highest BCUT2D eigenvalue weighted by Gasteiger charge is 2.09. The molecule has 2 aromatic carbocycles. The van der Waals surface area contributed by atoms with Gasteiger partial charge in [-0.2, -0.15) is 0 Å². The minimum absolute atomic E-state index is 0.0986. The van der Waals surface area contributed by atoms with Crippen molar-refractivity contribution >= 4 is 29.1 Å². The molecule has 5 N–H and O–H groups in total. The van der Waals surface area contributed by atoms with Crippen LogP contribution >= 0.6 is 0 Å². The van der Waals surface area contributed by atoms with Gasteiger partial charge in [0.2, 0.25) is 11.8 Å². The number of amides is 3. The minimum Gasteiger partial charge on any atom is -0.343 e. The number of aryl methyl sites for hydroxylation is 1. The number of benzene rings is 2. The van der Waals surface area contributed by atoms with Gasteiger partial charge in [-0.25, -0.2) is 0 Å². The molecule has 130 valence electrons. The van der Waals surface area contributed by atoms with E-state index in [4.69, 9.17) is 5.73 Å². The highest BCUT2D eigenvalue weighted by Crippen LogP contribution is 2.19. The summed E-state index contributed by atoms with van der Waals surface area (Å²) in [5, 5.41) is 7.92. The summed E-state index contributed by atoms with van der Waals surface area (Å²) in [5.74, 6) is -0.946. The monoisotopic (exact) mass is 340 g/mol. The molecular formula is C18H20N4O3. The van der Waals surface area contributed by atoms with E-state index in [0.717, 1.165) is 5.56 Å². The van der Waals surface area contributed by atoms with Crippen LogP contribution in [0, 0.1) is 6.92 Å². The van der Waals surface area contributed by atoms with E-state index in [1.165, 1.54) is 0 Å². The summed E-state index contributed by atoms with van der Waals surface area (Å²) >= 11 is 0. The lowest BCUT2D eigenvalue weighted by Gasteiger charge is -2.11. The summed E-state index contributed by atoms with van der Waals surface area (Å²) in [4.78, 5) is 35.2. The molecule has 7 nitrogen and oxygen atoms in total. The molecule has 0 aliphatic heterocycles. The fraction of sp³-hybridized carbons (Fsp3) is 0.167. The van der Waals surface area contributed by atoms with Gasteiger partial charge in [0.25, 0.3) is 5.91 Å². The van der Waals surface area contributed by atoms with Crippen molar-refractivity contribution in [2.24, 2.45) is 5.73 Å². The van der Waals surface area contributed by atoms with Gasteiger partial charge in [0.1, 0.15) is 0 Å². The Morgan fingerprint density at radius 1 is 0.960 bits per heavy atom. The minimum atomic E-state index is -0.342. The quantitative estimate of drug-likeness (QED) is 0.634. The summed E-state index contributed by atoms with van der Waals surface area (Å²) in [6, 6.07) is 13.7. The van der Waals surface area contributed by atoms with E-state index >= 15 is 0 Å². The molecule has 0 spiro atoms. The summed E-state index contributed by atoms with van der Waals surface area (Å²) in [5.41, 5.74) is 7.72. The molecule has 0 saturated heterocycles. The Bertz CT molecular complexity index is 775. The van der Waals surface area contributed by atoms with E-state index in [1.807, 2.05) is 6.07 Å². The molecule has 0 heterocycles. The van der Waals surface area contributed by atoms with Crippen molar-refractivity contribution in [3.63, 3.8) is 0 Å². The molecule has 0 aliphatic rings. The van der Waals surface area contributed by atoms with Gasteiger partial charge in [0.05, 0.1) is 13.1 Å². The molecule has 0 aromatic heterocycles. The number of carbonyl (C=O) groups is 3. The molecule has 0 aliphatic carbocycles. The van der Waals surface area contributed by atoms with E-state index in [2.05, 4.69) is 16.0 Å². The maximum Gasteiger partial charge on any atom is 0.251 e. The first-order valence-electron chi connectivity index (χ1n) is 7.73. The van der Waals surface area contributed by atoms with Crippen molar-refractivity contribution in [2.45, 2.75) is 6.92 Å². The fourth-order valence-electron chi connectivity index (χ4n) is 2.14. The zero-order chi connectivity index (χ0) is 18.2. The first kappa shape index (κ1) is 18.2. The molecule has 0 atom stereocenters. The van der Waals surface area contributed by atoms with Crippen molar-refractivity contribution in [3.05, 3.63) is 59.7 Å². The van der Waals surface area contributed by atoms with Crippen LogP contribution in [-0.2, 0) is 9.59 Å². The molecule has 2 aromatic rings. The second-order valence-electron chi connectivity index (χ2n) is 5.38. The topological polar surface area (TPSA) is 113 Å². The van der Waals surface area contributed by atoms with E-state index in [-0.39, 0.29) is 30.8 Å². The predicted molar refractivity (Wildman–Crippen MR) is 96.3 cm³/mol. The normalized spacial score (nSPS) is 10.0. The van der Waals surface area contributed by atoms with Crippen molar-refractivity contribution in [1.82, 2.24) is 5.32 Å². The highest BCUT2D eigenvalue weighted by molar-refractivity contribution is 5.99. The second-order valence-corrected chi connectivity index (χ2v) is 5.38. The van der Waals surface area contributed by atoms with Crippen molar-refractivity contribution < 1.29 is 14.4 Å². The zero-order valence-electron chi connectivity index (χ0n) is 13.8. The van der Waals surface area contributed by atoms with Gasteiger partial charge in [0.15, 0.2) is 0 Å². The molecule has 0 fully saturated rings. The maximum absolute atomic E-state index is 12.0. The number of nitrogens with one attached hydrogen (secondary N) is 3. The first-order chi connectivity index (χ1) is 12.0. The van der Waals surface area contributed by atoms with Gasteiger partial charge < -0.3 is 21.7 Å². The van der Waals surface area contributed by atoms with Gasteiger partial charge in [-0.1, -0.05) is 18.2 Å². The third-order valence-corrected chi connectivity index (χ3v) is 3.42. The molecule has 3 amide bonds. The number of hydrogen-bond acceptors (Lipinski definition) is 4. The van der Waals surface area contributed by atoms with Gasteiger partial charge in [-0.15, -0.1) is 0 Å². The van der Waals surface area contributed by atoms with E-state index in [0.29, 0.717) is 16.9 Å². The lowest BCUT2D eigenvalue weighted by molar-refractivity contribution is -0.115. The summed E-state index contributed by atoms with van der Waals surface area (Å²) < 4.78 is 0. The number of nitrogens with two attached hydrogens (primary N) is 1. The average molecular weight is 340 g/mol. The van der Waals surface area contributed by atoms with Gasteiger partial charge in [0, 0.05) is 16.9 Å². The van der Waals surface area contributed by atoms with Crippen LogP contribution in [0.15, 0.2) is 48.5 Å². The van der Waals surface area contributed by atoms with E-state index in [9.17, 15) is 14.4 Å². The Kier molecular flexibility index (Phi) is 6.25. The number of rotatable bonds is 6. The molecule has 25 heavy (non-hydrogen) atoms. The smallest absolute Gasteiger partial charge is 0.251 e. The van der Waals surface area contributed by atoms with Crippen molar-refractivity contribution in [1.29, 1.82) is 0 Å². The van der Waals surface area contributed by atoms with Crippen LogP contribution in [0.3, 0.4) is 0 Å². The molecule has 0 unspecified atom stereocenters. The summed E-state index contributed by atoms with van der Waals surface area (Å²) in [6.07, 6.45) is 0. The lowest BCUT2D eigenvalue weighted by Crippen LogP contribution is -2.33. The van der Waals surface area contributed by atoms with Gasteiger partial charge >= 0.3 is 0 Å². The lowest BCUT2D eigenvalue weighted by atomic mass is 10.1. The third kappa shape index (κ3) is 5.43. The number of anilines is 2. The number of carbonyl (C=O) groups excluding carboxylic acids is 3. The molecule has 7 heteroatoms. The average Bonchev–Trinajstić information content (AvgIpc) is 2.62. The fourth-order valence-corrected chi connectivity index (χ4v) is 2.14. The van der Waals surface area contributed by atoms with Gasteiger partial charge in [-0.3, -0.25) is 14.4 Å². The SMILES string of the molecule is Cc1cc(NC(=O)CN)ccc1NC(=O)CNC(=O)c1ccccc1. The Morgan fingerprint density at radius 2 is 1.68 bits per heavy atom. The predicted octanol–water partition coefficient (Wildman–Crippen LogP) is 1.26. The number of hydrogen-bond donors (Lipinski definition) is 4. The molecule has 0 radical (unpaired) electrons. The Morgan fingerprint density at radius 3 is 2.32 bits per heavy atom. The third-order valence-electron chi connectivity index (χ3n) is 3.42. The first-order valence-corrected chi connectivity index (χ1v) is 7.73. The molecular weight excluding hydrogens is 320 g/mol. The van der Waals surface area contributed by atoms with Crippen molar-refractivity contribution in [2.75, 3.05) is 23.7 Å². The van der Waals surface area contributed by atoms with Crippen LogP contribution in [0.5, 0.6) is 0 Å². The van der Waals surface area contributed by atoms with Crippen LogP contribution in [0.25, 0.3) is 0 Å². The molecule has 0 saturated carbocycles. The van der Waals surface area contributed by atoms with E-state index in [1.54, 1.807) is 49.4 Å². The maximum atomic E-state index is 12.0. The Hall–Kier alpha value is -3.19. The van der Waals surface area contributed by atoms with Crippen molar-refractivity contribution in [3.8, 4) is 0 Å². The standard InChI is InChI=1S/C18H20N4O3/c1-12-9-14(21-16(23)10-19)7-8-15(12)22-17(24)11-20-18(25)13-5-3-2-4-6-13/h2-9H,10-11,19H2,1H3,(H,20,25)(H,21,23)(H,22,24). The molecule has 2 rings (SSSR count). The van der Waals surface area contributed by atoms with Crippen LogP contribution < -0.4 is 21.7 Å². The van der Waals surface area contributed by atoms with Crippen LogP contribution in [-0.4, -0.2) is 30.8 Å². The Balaban J connectivity index is 1.90. The van der Waals surface area contributed by atoms with Gasteiger partial charge in [-0.05, 0) is 42.8 Å². The second kappa shape index (κ2) is 8.60. The highest BCUT2D eigenvalue weighted by atomic mass is 16.2. The summed E-state index contributed by atoms with van der Waals surface area (Å²) in [7, 11) is 0. The van der Waals surface area contributed by atoms with E-state index < -0.39 is 0 Å². The van der Waals surface area contributed by atoms with Crippen LogP contribution in [0.1, 0.15) is 15.9 Å².